The zero-order valence-electron chi connectivity index (χ0n) is 15.9. The Kier molecular flexibility index (Phi) is 5.56. The summed E-state index contributed by atoms with van der Waals surface area (Å²) in [7, 11) is 0. The standard InChI is InChI=1S/C24H22N2O3/c27-23(26-21-6-4-5-19(15-21)24(28)25-20-13-14-20)18-11-9-17(10-12-18)16-29-22-7-2-1-3-8-22/h1-12,15,20H,13-14,16H2,(H,25,28)(H,26,27). The molecule has 0 radical (unpaired) electrons. The summed E-state index contributed by atoms with van der Waals surface area (Å²) in [6.07, 6.45) is 2.07. The average Bonchev–Trinajstić information content (AvgIpc) is 3.57. The molecule has 29 heavy (non-hydrogen) atoms. The second kappa shape index (κ2) is 8.61. The maximum atomic E-state index is 12.5. The molecule has 2 N–H and O–H groups in total. The minimum atomic E-state index is -0.222. The second-order valence-corrected chi connectivity index (χ2v) is 7.08. The van der Waals surface area contributed by atoms with Crippen LogP contribution in [0.1, 0.15) is 39.1 Å². The number of amides is 2. The van der Waals surface area contributed by atoms with E-state index in [1.807, 2.05) is 42.5 Å². The molecule has 1 fully saturated rings. The zero-order valence-corrected chi connectivity index (χ0v) is 15.9. The maximum Gasteiger partial charge on any atom is 0.255 e. The summed E-state index contributed by atoms with van der Waals surface area (Å²) >= 11 is 0. The van der Waals surface area contributed by atoms with Crippen LogP contribution >= 0.6 is 0 Å². The molecule has 0 unspecified atom stereocenters. The van der Waals surface area contributed by atoms with Crippen LogP contribution in [0.25, 0.3) is 0 Å². The van der Waals surface area contributed by atoms with E-state index in [4.69, 9.17) is 4.74 Å². The Balaban J connectivity index is 1.35. The number of hydrogen-bond donors (Lipinski definition) is 2. The molecule has 0 heterocycles. The highest BCUT2D eigenvalue weighted by atomic mass is 16.5. The van der Waals surface area contributed by atoms with Crippen molar-refractivity contribution < 1.29 is 14.3 Å². The van der Waals surface area contributed by atoms with E-state index in [-0.39, 0.29) is 11.8 Å². The van der Waals surface area contributed by atoms with Crippen molar-refractivity contribution in [2.24, 2.45) is 0 Å². The van der Waals surface area contributed by atoms with Crippen LogP contribution in [0.3, 0.4) is 0 Å². The molecule has 0 spiro atoms. The first kappa shape index (κ1) is 18.7. The molecule has 1 aliphatic carbocycles. The molecule has 0 aliphatic heterocycles. The van der Waals surface area contributed by atoms with E-state index in [1.165, 1.54) is 0 Å². The van der Waals surface area contributed by atoms with E-state index < -0.39 is 0 Å². The minimum absolute atomic E-state index is 0.105. The van der Waals surface area contributed by atoms with Gasteiger partial charge >= 0.3 is 0 Å². The van der Waals surface area contributed by atoms with Crippen molar-refractivity contribution in [2.45, 2.75) is 25.5 Å². The number of nitrogens with one attached hydrogen (secondary N) is 2. The third kappa shape index (κ3) is 5.23. The molecule has 1 saturated carbocycles. The lowest BCUT2D eigenvalue weighted by Crippen LogP contribution is -2.25. The molecular formula is C24H22N2O3. The lowest BCUT2D eigenvalue weighted by Gasteiger charge is -2.09. The van der Waals surface area contributed by atoms with E-state index in [0.717, 1.165) is 24.2 Å². The quantitative estimate of drug-likeness (QED) is 0.632. The summed E-state index contributed by atoms with van der Waals surface area (Å²) in [6, 6.07) is 24.1. The van der Waals surface area contributed by atoms with Crippen molar-refractivity contribution in [1.29, 1.82) is 0 Å². The Morgan fingerprint density at radius 3 is 2.31 bits per heavy atom. The summed E-state index contributed by atoms with van der Waals surface area (Å²) in [4.78, 5) is 24.7. The summed E-state index contributed by atoms with van der Waals surface area (Å²) in [5.41, 5.74) is 2.66. The molecule has 1 aliphatic rings. The van der Waals surface area contributed by atoms with Gasteiger partial charge in [-0.15, -0.1) is 0 Å². The van der Waals surface area contributed by atoms with Gasteiger partial charge in [-0.2, -0.15) is 0 Å². The fourth-order valence-corrected chi connectivity index (χ4v) is 2.87. The number of benzene rings is 3. The van der Waals surface area contributed by atoms with Crippen molar-refractivity contribution in [3.63, 3.8) is 0 Å². The van der Waals surface area contributed by atoms with Gasteiger partial charge in [0.2, 0.25) is 0 Å². The van der Waals surface area contributed by atoms with Crippen LogP contribution in [0.15, 0.2) is 78.9 Å². The molecule has 5 nitrogen and oxygen atoms in total. The molecule has 4 rings (SSSR count). The van der Waals surface area contributed by atoms with Crippen LogP contribution in [-0.4, -0.2) is 17.9 Å². The van der Waals surface area contributed by atoms with Crippen molar-refractivity contribution in [1.82, 2.24) is 5.32 Å². The summed E-state index contributed by atoms with van der Waals surface area (Å²) in [5.74, 6) is 0.478. The topological polar surface area (TPSA) is 67.4 Å². The van der Waals surface area contributed by atoms with Crippen molar-refractivity contribution in [3.05, 3.63) is 95.6 Å². The van der Waals surface area contributed by atoms with Gasteiger partial charge in [0, 0.05) is 22.9 Å². The molecule has 0 aromatic heterocycles. The Morgan fingerprint density at radius 1 is 0.828 bits per heavy atom. The van der Waals surface area contributed by atoms with E-state index in [1.54, 1.807) is 36.4 Å². The molecule has 2 amide bonds. The summed E-state index contributed by atoms with van der Waals surface area (Å²) < 4.78 is 5.72. The van der Waals surface area contributed by atoms with E-state index in [0.29, 0.717) is 29.5 Å². The lowest BCUT2D eigenvalue weighted by atomic mass is 10.1. The number of carbonyl (C=O) groups is 2. The van der Waals surface area contributed by atoms with Crippen LogP contribution in [0.2, 0.25) is 0 Å². The van der Waals surface area contributed by atoms with Gasteiger partial charge in [-0.1, -0.05) is 36.4 Å². The number of anilines is 1. The van der Waals surface area contributed by atoms with Crippen LogP contribution in [0, 0.1) is 0 Å². The fourth-order valence-electron chi connectivity index (χ4n) is 2.87. The summed E-state index contributed by atoms with van der Waals surface area (Å²) in [5, 5.41) is 5.80. The van der Waals surface area contributed by atoms with Gasteiger partial charge in [0.05, 0.1) is 0 Å². The first-order valence-corrected chi connectivity index (χ1v) is 9.66. The van der Waals surface area contributed by atoms with Crippen molar-refractivity contribution in [2.75, 3.05) is 5.32 Å². The number of rotatable bonds is 7. The average molecular weight is 386 g/mol. The van der Waals surface area contributed by atoms with Crippen molar-refractivity contribution in [3.8, 4) is 5.75 Å². The number of para-hydroxylation sites is 1. The first-order valence-electron chi connectivity index (χ1n) is 9.66. The van der Waals surface area contributed by atoms with Gasteiger partial charge in [-0.3, -0.25) is 9.59 Å². The van der Waals surface area contributed by atoms with Crippen LogP contribution in [0.4, 0.5) is 5.69 Å². The Bertz CT molecular complexity index is 996. The molecule has 3 aromatic carbocycles. The Morgan fingerprint density at radius 2 is 1.59 bits per heavy atom. The Hall–Kier alpha value is -3.60. The highest BCUT2D eigenvalue weighted by Crippen LogP contribution is 2.20. The molecule has 146 valence electrons. The monoisotopic (exact) mass is 386 g/mol. The minimum Gasteiger partial charge on any atom is -0.489 e. The Labute approximate surface area is 169 Å². The van der Waals surface area contributed by atoms with E-state index >= 15 is 0 Å². The summed E-state index contributed by atoms with van der Waals surface area (Å²) in [6.45, 7) is 0.435. The highest BCUT2D eigenvalue weighted by molar-refractivity contribution is 6.05. The van der Waals surface area contributed by atoms with Gasteiger partial charge in [0.15, 0.2) is 0 Å². The fraction of sp³-hybridized carbons (Fsp3) is 0.167. The lowest BCUT2D eigenvalue weighted by molar-refractivity contribution is 0.0949. The van der Waals surface area contributed by atoms with Gasteiger partial charge in [-0.05, 0) is 60.9 Å². The van der Waals surface area contributed by atoms with Gasteiger partial charge in [0.1, 0.15) is 12.4 Å². The second-order valence-electron chi connectivity index (χ2n) is 7.08. The number of hydrogen-bond acceptors (Lipinski definition) is 3. The molecule has 5 heteroatoms. The first-order chi connectivity index (χ1) is 14.2. The van der Waals surface area contributed by atoms with Gasteiger partial charge in [-0.25, -0.2) is 0 Å². The predicted octanol–water partition coefficient (Wildman–Crippen LogP) is 4.41. The highest BCUT2D eigenvalue weighted by Gasteiger charge is 2.23. The molecule has 0 bridgehead atoms. The SMILES string of the molecule is O=C(Nc1cccc(C(=O)NC2CC2)c1)c1ccc(COc2ccccc2)cc1. The molecular weight excluding hydrogens is 364 g/mol. The molecule has 0 saturated heterocycles. The predicted molar refractivity (Wildman–Crippen MR) is 112 cm³/mol. The van der Waals surface area contributed by atoms with Crippen molar-refractivity contribution >= 4 is 17.5 Å². The van der Waals surface area contributed by atoms with Crippen LogP contribution < -0.4 is 15.4 Å². The normalized spacial score (nSPS) is 12.8. The van der Waals surface area contributed by atoms with Crippen LogP contribution in [0.5, 0.6) is 5.75 Å². The van der Waals surface area contributed by atoms with Crippen LogP contribution in [-0.2, 0) is 6.61 Å². The smallest absolute Gasteiger partial charge is 0.255 e. The van der Waals surface area contributed by atoms with E-state index in [9.17, 15) is 9.59 Å². The third-order valence-electron chi connectivity index (χ3n) is 4.66. The largest absolute Gasteiger partial charge is 0.489 e. The van der Waals surface area contributed by atoms with Gasteiger partial charge < -0.3 is 15.4 Å². The molecule has 0 atom stereocenters. The van der Waals surface area contributed by atoms with Gasteiger partial charge in [0.25, 0.3) is 11.8 Å². The number of ether oxygens (including phenoxy) is 1. The van der Waals surface area contributed by atoms with E-state index in [2.05, 4.69) is 10.6 Å². The zero-order chi connectivity index (χ0) is 20.1. The maximum absolute atomic E-state index is 12.5. The third-order valence-corrected chi connectivity index (χ3v) is 4.66. The molecule has 3 aromatic rings. The number of carbonyl (C=O) groups excluding carboxylic acids is 2.